The van der Waals surface area contributed by atoms with Crippen LogP contribution in [0.3, 0.4) is 0 Å². The molecule has 13 rings (SSSR count). The number of aromatic nitrogens is 3. The van der Waals surface area contributed by atoms with E-state index in [0.717, 1.165) is 71.9 Å². The molecule has 1 aliphatic heterocycles. The summed E-state index contributed by atoms with van der Waals surface area (Å²) < 4.78 is 11.5. The van der Waals surface area contributed by atoms with Crippen LogP contribution in [0.5, 0.6) is 11.5 Å². The minimum Gasteiger partial charge on any atom is -0.509 e. The average molecular weight is 1250 g/mol. The number of rotatable bonds is 6. The summed E-state index contributed by atoms with van der Waals surface area (Å²) >= 11 is 0. The number of hydrogen-bond acceptors (Lipinski definition) is 3. The van der Waals surface area contributed by atoms with Crippen molar-refractivity contribution in [3.63, 3.8) is 0 Å². The van der Waals surface area contributed by atoms with E-state index in [4.69, 9.17) is 9.72 Å². The first kappa shape index (κ1) is 54.5. The van der Waals surface area contributed by atoms with E-state index in [1.165, 1.54) is 54.9 Å². The van der Waals surface area contributed by atoms with Gasteiger partial charge in [0.2, 0.25) is 0 Å². The second kappa shape index (κ2) is 20.1. The van der Waals surface area contributed by atoms with E-state index in [2.05, 4.69) is 292 Å². The van der Waals surface area contributed by atoms with Crippen LogP contribution < -0.4 is 9.64 Å². The molecule has 0 saturated heterocycles. The Hall–Kier alpha value is -8.11. The van der Waals surface area contributed by atoms with Crippen molar-refractivity contribution < 1.29 is 25.8 Å². The van der Waals surface area contributed by atoms with Crippen LogP contribution in [-0.2, 0) is 42.7 Å². The van der Waals surface area contributed by atoms with Gasteiger partial charge in [-0.3, -0.25) is 0 Å². The van der Waals surface area contributed by atoms with Crippen LogP contribution in [0.4, 0.5) is 11.4 Å². The number of anilines is 2. The molecule has 6 heteroatoms. The first-order chi connectivity index (χ1) is 38.7. The van der Waals surface area contributed by atoms with Gasteiger partial charge in [0.15, 0.2) is 0 Å². The van der Waals surface area contributed by atoms with Crippen molar-refractivity contribution in [1.82, 2.24) is 14.1 Å². The Morgan fingerprint density at radius 2 is 0.988 bits per heavy atom. The first-order valence-electron chi connectivity index (χ1n) is 28.5. The molecule has 0 spiro atoms. The topological polar surface area (TPSA) is 35.2 Å². The van der Waals surface area contributed by atoms with Crippen LogP contribution in [0.2, 0.25) is 0 Å². The van der Waals surface area contributed by atoms with E-state index in [-0.39, 0.29) is 42.7 Å². The quantitative estimate of drug-likeness (QED) is 0.156. The molecule has 0 N–H and O–H groups in total. The normalized spacial score (nSPS) is 12.9. The number of pyridine rings is 1. The average Bonchev–Trinajstić information content (AvgIpc) is 4.14. The minimum absolute atomic E-state index is 0. The standard InChI is InChI=1S/C76H69N4O.Pt/c1-73(2,3)51-32-30-48(31-33-51)49-40-50(42-54(41-49)76(10,11)12)58-25-18-26-64-60-23-14-13-22-59(60)61-36-34-52(74(4,5)6)43-66(61)65-27-19-29-68-72(65)79(71(58)64)47-78(68)55-20-17-21-56(45-55)81-57-35-37-63-62-24-15-16-28-67(62)80(69(63)46-57)70-44-53(38-39-77-70)75(7,8)9;/h13-44,47H,1-12H3;/q-3;. The largest absolute Gasteiger partial charge is 0.509 e. The molecule has 3 aromatic heterocycles. The summed E-state index contributed by atoms with van der Waals surface area (Å²) in [5.74, 6) is 2.02. The van der Waals surface area contributed by atoms with Crippen LogP contribution in [0.25, 0.3) is 93.2 Å². The first-order valence-corrected chi connectivity index (χ1v) is 28.5. The van der Waals surface area contributed by atoms with Crippen LogP contribution in [0, 0.1) is 18.8 Å². The van der Waals surface area contributed by atoms with Crippen molar-refractivity contribution in [2.24, 2.45) is 0 Å². The molecular weight excluding hydrogens is 1180 g/mol. The Morgan fingerprint density at radius 3 is 1.71 bits per heavy atom. The van der Waals surface area contributed by atoms with Crippen molar-refractivity contribution in [3.8, 4) is 39.6 Å². The van der Waals surface area contributed by atoms with Gasteiger partial charge in [0.1, 0.15) is 5.82 Å². The molecule has 0 amide bonds. The van der Waals surface area contributed by atoms with E-state index in [0.29, 0.717) is 11.5 Å². The molecule has 0 unspecified atom stereocenters. The molecule has 5 nitrogen and oxygen atoms in total. The fourth-order valence-corrected chi connectivity index (χ4v) is 11.9. The van der Waals surface area contributed by atoms with Gasteiger partial charge in [-0.05, 0) is 152 Å². The molecular formula is C76H69N4OPt-3. The van der Waals surface area contributed by atoms with E-state index < -0.39 is 0 Å². The molecule has 1 aliphatic rings. The van der Waals surface area contributed by atoms with Crippen LogP contribution in [0.1, 0.15) is 105 Å². The third-order valence-electron chi connectivity index (χ3n) is 16.5. The van der Waals surface area contributed by atoms with E-state index in [9.17, 15) is 0 Å². The molecule has 0 fully saturated rings. The van der Waals surface area contributed by atoms with E-state index in [1.807, 2.05) is 18.3 Å². The summed E-state index contributed by atoms with van der Waals surface area (Å²) in [5, 5.41) is 9.30. The SMILES string of the molecule is CC(C)(C)c1ccc(-c2cc(-c3cccc4c5ccccc5c5ccc(C(C)(C)C)cc5c5cccc6c5n(c34)[CH-]N6c3[c-]c(Oc4[c-]c5c(cc4)c4ccccc4n5-c4cc(C(C)(C)C)ccn4)ccc3)cc(C(C)(C)C)c2)cc1.[Pt]. The van der Waals surface area contributed by atoms with Crippen molar-refractivity contribution in [1.29, 1.82) is 0 Å². The predicted molar refractivity (Wildman–Crippen MR) is 342 cm³/mol. The summed E-state index contributed by atoms with van der Waals surface area (Å²) in [6.45, 7) is 29.7. The van der Waals surface area contributed by atoms with Crippen molar-refractivity contribution in [3.05, 3.63) is 235 Å². The number of hydrogen-bond donors (Lipinski definition) is 0. The smallest absolute Gasteiger partial charge is 0.135 e. The number of fused-ring (bicyclic) bond motifs is 10. The second-order valence-corrected chi connectivity index (χ2v) is 26.3. The van der Waals surface area contributed by atoms with Gasteiger partial charge in [-0.1, -0.05) is 222 Å². The third-order valence-corrected chi connectivity index (χ3v) is 16.5. The fraction of sp³-hybridized carbons (Fsp3) is 0.211. The summed E-state index contributed by atoms with van der Waals surface area (Å²) in [5.41, 5.74) is 15.7. The molecule has 0 saturated carbocycles. The minimum atomic E-state index is -0.119. The van der Waals surface area contributed by atoms with Gasteiger partial charge < -0.3 is 18.8 Å². The van der Waals surface area contributed by atoms with Gasteiger partial charge in [-0.15, -0.1) is 35.7 Å². The Labute approximate surface area is 497 Å². The van der Waals surface area contributed by atoms with Crippen LogP contribution in [0.15, 0.2) is 194 Å². The maximum absolute atomic E-state index is 6.86. The predicted octanol–water partition coefficient (Wildman–Crippen LogP) is 20.8. The zero-order chi connectivity index (χ0) is 56.3. The fourth-order valence-electron chi connectivity index (χ4n) is 11.9. The van der Waals surface area contributed by atoms with Gasteiger partial charge in [0, 0.05) is 50.0 Å². The summed E-state index contributed by atoms with van der Waals surface area (Å²) in [7, 11) is 0. The zero-order valence-electron chi connectivity index (χ0n) is 49.1. The molecule has 412 valence electrons. The Bertz CT molecular complexity index is 4570. The summed E-state index contributed by atoms with van der Waals surface area (Å²) in [6, 6.07) is 76.8. The maximum Gasteiger partial charge on any atom is 0.135 e. The number of para-hydroxylation sites is 3. The van der Waals surface area contributed by atoms with Gasteiger partial charge in [0.05, 0.1) is 0 Å². The van der Waals surface area contributed by atoms with Gasteiger partial charge in [-0.25, -0.2) is 4.98 Å². The zero-order valence-corrected chi connectivity index (χ0v) is 51.3. The Kier molecular flexibility index (Phi) is 13.4. The van der Waals surface area contributed by atoms with Crippen molar-refractivity contribution in [2.45, 2.75) is 105 Å². The van der Waals surface area contributed by atoms with Gasteiger partial charge in [0.25, 0.3) is 0 Å². The Morgan fingerprint density at radius 1 is 0.415 bits per heavy atom. The van der Waals surface area contributed by atoms with E-state index in [1.54, 1.807) is 0 Å². The molecule has 12 aromatic rings. The second-order valence-electron chi connectivity index (χ2n) is 26.3. The van der Waals surface area contributed by atoms with Crippen LogP contribution >= 0.6 is 0 Å². The van der Waals surface area contributed by atoms with Gasteiger partial charge >= 0.3 is 0 Å². The van der Waals surface area contributed by atoms with Crippen molar-refractivity contribution in [2.75, 3.05) is 4.90 Å². The van der Waals surface area contributed by atoms with E-state index >= 15 is 0 Å². The number of ether oxygens (including phenoxy) is 1. The summed E-state index contributed by atoms with van der Waals surface area (Å²) in [4.78, 5) is 7.21. The maximum atomic E-state index is 6.86. The van der Waals surface area contributed by atoms with Crippen molar-refractivity contribution >= 4 is 76.5 Å². The monoisotopic (exact) mass is 1250 g/mol. The van der Waals surface area contributed by atoms with Gasteiger partial charge in [-0.2, -0.15) is 12.1 Å². The summed E-state index contributed by atoms with van der Waals surface area (Å²) in [6.07, 6.45) is 1.91. The molecule has 0 aliphatic carbocycles. The molecule has 0 radical (unpaired) electrons. The molecule has 4 heterocycles. The number of nitrogens with zero attached hydrogens (tertiary/aromatic N) is 4. The molecule has 0 bridgehead atoms. The molecule has 9 aromatic carbocycles. The van der Waals surface area contributed by atoms with Crippen LogP contribution in [-0.4, -0.2) is 14.1 Å². The molecule has 82 heavy (non-hydrogen) atoms. The molecule has 0 atom stereocenters. The number of benzene rings is 9. The Balaban J connectivity index is 0.00000665. The third kappa shape index (κ3) is 9.61.